The van der Waals surface area contributed by atoms with Gasteiger partial charge in [0, 0.05) is 25.6 Å². The molecule has 0 fully saturated rings. The van der Waals surface area contributed by atoms with Gasteiger partial charge in [-0.1, -0.05) is 50.2 Å². The zero-order chi connectivity index (χ0) is 29.2. The number of carbonyl (C=O) groups is 2. The van der Waals surface area contributed by atoms with Crippen molar-refractivity contribution in [3.8, 4) is 0 Å². The summed E-state index contributed by atoms with van der Waals surface area (Å²) >= 11 is 0. The molecular weight excluding hydrogens is 531 g/mol. The van der Waals surface area contributed by atoms with Crippen LogP contribution in [-0.2, 0) is 32.2 Å². The smallest absolute Gasteiger partial charge is 0.352 e. The van der Waals surface area contributed by atoms with Crippen LogP contribution in [0.2, 0.25) is 0 Å². The maximum atomic E-state index is 13.4. The van der Waals surface area contributed by atoms with Crippen LogP contribution < -0.4 is 9.62 Å². The van der Waals surface area contributed by atoms with E-state index in [0.29, 0.717) is 19.4 Å². The normalized spacial score (nSPS) is 13.4. The Morgan fingerprint density at radius 1 is 0.974 bits per heavy atom. The lowest BCUT2D eigenvalue weighted by Crippen LogP contribution is -2.51. The largest absolute Gasteiger partial charge is 0.416 e. The van der Waals surface area contributed by atoms with Crippen molar-refractivity contribution < 1.29 is 31.2 Å². The summed E-state index contributed by atoms with van der Waals surface area (Å²) in [4.78, 5) is 28.0. The van der Waals surface area contributed by atoms with E-state index in [-0.39, 0.29) is 42.9 Å². The zero-order valence-electron chi connectivity index (χ0n) is 22.9. The lowest BCUT2D eigenvalue weighted by Gasteiger charge is -2.32. The fourth-order valence-electron chi connectivity index (χ4n) is 4.18. The van der Waals surface area contributed by atoms with E-state index in [9.17, 15) is 31.2 Å². The van der Waals surface area contributed by atoms with Crippen LogP contribution in [-0.4, -0.2) is 56.6 Å². The van der Waals surface area contributed by atoms with Crippen molar-refractivity contribution in [1.29, 1.82) is 0 Å². The summed E-state index contributed by atoms with van der Waals surface area (Å²) in [5.74, 6) is -0.579. The summed E-state index contributed by atoms with van der Waals surface area (Å²) in [6.45, 7) is 5.76. The van der Waals surface area contributed by atoms with Crippen LogP contribution in [0.1, 0.15) is 57.6 Å². The minimum atomic E-state index is -4.63. The van der Waals surface area contributed by atoms with Crippen molar-refractivity contribution in [2.24, 2.45) is 0 Å². The third-order valence-electron chi connectivity index (χ3n) is 6.48. The number of benzene rings is 2. The van der Waals surface area contributed by atoms with Gasteiger partial charge in [0.2, 0.25) is 21.8 Å². The highest BCUT2D eigenvalue weighted by molar-refractivity contribution is 7.92. The highest BCUT2D eigenvalue weighted by atomic mass is 32.2. The Morgan fingerprint density at radius 3 is 2.21 bits per heavy atom. The van der Waals surface area contributed by atoms with E-state index in [0.717, 1.165) is 40.7 Å². The van der Waals surface area contributed by atoms with Gasteiger partial charge in [-0.2, -0.15) is 13.2 Å². The second-order valence-corrected chi connectivity index (χ2v) is 11.5. The summed E-state index contributed by atoms with van der Waals surface area (Å²) < 4.78 is 65.3. The van der Waals surface area contributed by atoms with E-state index in [1.165, 1.54) is 11.0 Å². The molecule has 0 aliphatic heterocycles. The maximum Gasteiger partial charge on any atom is 0.416 e. The number of halogens is 3. The Balaban J connectivity index is 2.21. The molecule has 0 heterocycles. The molecule has 0 aliphatic carbocycles. The van der Waals surface area contributed by atoms with Crippen LogP contribution in [0.5, 0.6) is 0 Å². The molecule has 0 aromatic heterocycles. The van der Waals surface area contributed by atoms with Gasteiger partial charge in [0.25, 0.3) is 0 Å². The number of nitrogens with zero attached hydrogens (tertiary/aromatic N) is 2. The Hall–Kier alpha value is -3.08. The monoisotopic (exact) mass is 569 g/mol. The lowest BCUT2D eigenvalue weighted by molar-refractivity contribution is -0.141. The molecule has 2 rings (SSSR count). The molecule has 0 radical (unpaired) electrons. The highest BCUT2D eigenvalue weighted by Gasteiger charge is 2.32. The van der Waals surface area contributed by atoms with E-state index >= 15 is 0 Å². The average molecular weight is 570 g/mol. The van der Waals surface area contributed by atoms with Crippen molar-refractivity contribution >= 4 is 27.5 Å². The fourth-order valence-corrected chi connectivity index (χ4v) is 5.14. The summed E-state index contributed by atoms with van der Waals surface area (Å²) in [7, 11) is -3.92. The van der Waals surface area contributed by atoms with Crippen LogP contribution >= 0.6 is 0 Å². The molecule has 11 heteroatoms. The van der Waals surface area contributed by atoms with Crippen LogP contribution in [0, 0.1) is 0 Å². The van der Waals surface area contributed by atoms with Gasteiger partial charge in [-0.3, -0.25) is 13.9 Å². The molecule has 7 nitrogen and oxygen atoms in total. The minimum absolute atomic E-state index is 0.0617. The average Bonchev–Trinajstić information content (AvgIpc) is 2.88. The van der Waals surface area contributed by atoms with E-state index in [1.54, 1.807) is 0 Å². The molecule has 0 aliphatic rings. The quantitative estimate of drug-likeness (QED) is 0.346. The van der Waals surface area contributed by atoms with Crippen molar-refractivity contribution in [2.75, 3.05) is 23.7 Å². The standard InChI is InChI=1S/C28H38F3N3O4S/c1-5-21(3)32-27(36)25(6-2)33(19-17-22-12-8-7-9-13-22)26(35)16-11-18-34(39(4,37)38)24-15-10-14-23(20-24)28(29,30)31/h7-10,12-15,20-21,25H,5-6,11,16-19H2,1-4H3,(H,32,36)/t21-,25-/m0/s1. The first-order valence-electron chi connectivity index (χ1n) is 13.1. The lowest BCUT2D eigenvalue weighted by atomic mass is 10.1. The molecule has 2 aromatic carbocycles. The molecule has 2 amide bonds. The van der Waals surface area contributed by atoms with E-state index in [1.807, 2.05) is 51.1 Å². The van der Waals surface area contributed by atoms with Gasteiger partial charge in [-0.15, -0.1) is 0 Å². The summed E-state index contributed by atoms with van der Waals surface area (Å²) in [6, 6.07) is 12.9. The fraction of sp³-hybridized carbons (Fsp3) is 0.500. The first-order chi connectivity index (χ1) is 18.3. The number of hydrogen-bond acceptors (Lipinski definition) is 4. The van der Waals surface area contributed by atoms with E-state index in [2.05, 4.69) is 5.32 Å². The topological polar surface area (TPSA) is 86.8 Å². The maximum absolute atomic E-state index is 13.4. The van der Waals surface area contributed by atoms with Gasteiger partial charge in [0.1, 0.15) is 6.04 Å². The van der Waals surface area contributed by atoms with Crippen LogP contribution in [0.4, 0.5) is 18.9 Å². The van der Waals surface area contributed by atoms with Crippen LogP contribution in [0.15, 0.2) is 54.6 Å². The Labute approximate surface area is 229 Å². The number of hydrogen-bond donors (Lipinski definition) is 1. The number of anilines is 1. The minimum Gasteiger partial charge on any atom is -0.352 e. The molecule has 0 saturated carbocycles. The highest BCUT2D eigenvalue weighted by Crippen LogP contribution is 2.32. The summed E-state index contributed by atoms with van der Waals surface area (Å²) in [5, 5.41) is 2.93. The van der Waals surface area contributed by atoms with Gasteiger partial charge in [0.05, 0.1) is 17.5 Å². The molecule has 0 unspecified atom stereocenters. The number of amides is 2. The Kier molecular flexibility index (Phi) is 11.8. The van der Waals surface area contributed by atoms with Crippen molar-refractivity contribution in [3.05, 3.63) is 65.7 Å². The van der Waals surface area contributed by atoms with Gasteiger partial charge >= 0.3 is 6.18 Å². The predicted octanol–water partition coefficient (Wildman–Crippen LogP) is 5.02. The molecule has 2 atom stereocenters. The van der Waals surface area contributed by atoms with Crippen molar-refractivity contribution in [2.45, 2.75) is 71.1 Å². The summed E-state index contributed by atoms with van der Waals surface area (Å²) in [5.41, 5.74) is -0.0877. The number of nitrogens with one attached hydrogen (secondary N) is 1. The van der Waals surface area contributed by atoms with E-state index < -0.39 is 27.8 Å². The van der Waals surface area contributed by atoms with E-state index in [4.69, 9.17) is 0 Å². The number of sulfonamides is 1. The molecule has 0 saturated heterocycles. The molecule has 216 valence electrons. The first kappa shape index (κ1) is 32.1. The predicted molar refractivity (Wildman–Crippen MR) is 147 cm³/mol. The molecular formula is C28H38F3N3O4S. The number of rotatable bonds is 14. The summed E-state index contributed by atoms with van der Waals surface area (Å²) in [6.07, 6.45) is -2.08. The van der Waals surface area contributed by atoms with Gasteiger partial charge < -0.3 is 10.2 Å². The van der Waals surface area contributed by atoms with Crippen LogP contribution in [0.3, 0.4) is 0 Å². The van der Waals surface area contributed by atoms with Gasteiger partial charge in [-0.25, -0.2) is 8.42 Å². The molecule has 2 aromatic rings. The number of alkyl halides is 3. The number of carbonyl (C=O) groups excluding carboxylic acids is 2. The third-order valence-corrected chi connectivity index (χ3v) is 7.68. The zero-order valence-corrected chi connectivity index (χ0v) is 23.7. The van der Waals surface area contributed by atoms with Crippen LogP contribution in [0.25, 0.3) is 0 Å². The van der Waals surface area contributed by atoms with Gasteiger partial charge in [0.15, 0.2) is 0 Å². The Bertz CT molecular complexity index is 1190. The van der Waals surface area contributed by atoms with Crippen molar-refractivity contribution in [1.82, 2.24) is 10.2 Å². The second-order valence-electron chi connectivity index (χ2n) is 9.55. The Morgan fingerprint density at radius 2 is 1.64 bits per heavy atom. The SMILES string of the molecule is CC[C@H](C)NC(=O)[C@H](CC)N(CCc1ccccc1)C(=O)CCCN(c1cccc(C(F)(F)F)c1)S(C)(=O)=O. The molecule has 1 N–H and O–H groups in total. The third kappa shape index (κ3) is 9.87. The van der Waals surface area contributed by atoms with Crippen molar-refractivity contribution in [3.63, 3.8) is 0 Å². The first-order valence-corrected chi connectivity index (χ1v) is 14.9. The molecule has 39 heavy (non-hydrogen) atoms. The molecule has 0 bridgehead atoms. The van der Waals surface area contributed by atoms with Gasteiger partial charge in [-0.05, 0) is 56.4 Å². The second kappa shape index (κ2) is 14.3. The molecule has 0 spiro atoms.